The number of nitrogens with one attached hydrogen (secondary N) is 3. The number of thiophene rings is 2. The molecule has 2 aliphatic heterocycles. The minimum absolute atomic E-state index is 0.0211. The van der Waals surface area contributed by atoms with E-state index in [1.165, 1.54) is 28.5 Å². The number of nitrogens with two attached hydrogens (primary N) is 1. The Morgan fingerprint density at radius 1 is 0.765 bits per heavy atom. The molecule has 0 bridgehead atoms. The van der Waals surface area contributed by atoms with Gasteiger partial charge < -0.3 is 21.7 Å². The van der Waals surface area contributed by atoms with Crippen molar-refractivity contribution in [3.05, 3.63) is 82.1 Å². The van der Waals surface area contributed by atoms with Gasteiger partial charge in [0, 0.05) is 110 Å². The lowest BCUT2D eigenvalue weighted by Gasteiger charge is -2.44. The molecule has 10 nitrogen and oxygen atoms in total. The SMILES string of the molecule is C=CC(=O)Nc1sc2c(c1-c1nc3ccccc3s1)CCN(C1CC(F)(F)C1)C2.CC[C@H](C)N.CC[C@H](C)NCCC(=O)Nc1sc2c(c1-c1nc3ccccc3s1)CCN(C1CC(F)(F)C1)C2. The smallest absolute Gasteiger partial charge is 0.251 e. The standard InChI is InChI=1S/C25H30F2N4OS2.C21H19F2N3OS2.C4H11N/c1-3-15(2)28-10-8-21(32)30-24-22(23-29-18-6-4-5-7-19(18)33-23)17-9-11-31(14-20(17)34-24)16-12-25(26,27)13-16;1-2-17(27)25-20-18(19-24-14-5-3-4-6-15(14)28-19)13-7-8-26(11-16(13)29-20)12-9-21(22,23)10-12;1-3-4(2)5/h4-7,15-16,28H,3,8-14H2,1-2H3,(H,30,32);2-6,12H,1,7-11H2,(H,25,27);4H,3,5H2,1-2H3/t15-;;4-/m0.0/s1. The predicted molar refractivity (Wildman–Crippen MR) is 274 cm³/mol. The van der Waals surface area contributed by atoms with Crippen molar-refractivity contribution in [2.75, 3.05) is 30.3 Å². The van der Waals surface area contributed by atoms with E-state index in [0.29, 0.717) is 38.1 Å². The highest BCUT2D eigenvalue weighted by atomic mass is 32.1. The minimum Gasteiger partial charge on any atom is -0.328 e. The van der Waals surface area contributed by atoms with Gasteiger partial charge in [-0.2, -0.15) is 0 Å². The Balaban J connectivity index is 0.000000169. The summed E-state index contributed by atoms with van der Waals surface area (Å²) in [6, 6.07) is 16.7. The number of hydrogen-bond acceptors (Lipinski definition) is 12. The summed E-state index contributed by atoms with van der Waals surface area (Å²) in [6.07, 6.45) is 5.09. The highest BCUT2D eigenvalue weighted by Crippen LogP contribution is 2.50. The number of para-hydroxylation sites is 2. The number of fused-ring (bicyclic) bond motifs is 4. The molecule has 4 aromatic heterocycles. The van der Waals surface area contributed by atoms with Crippen LogP contribution in [-0.4, -0.2) is 87.2 Å². The average Bonchev–Trinajstić information content (AvgIpc) is 4.09. The summed E-state index contributed by atoms with van der Waals surface area (Å²) >= 11 is 6.34. The van der Waals surface area contributed by atoms with Gasteiger partial charge in [-0.05, 0) is 81.0 Å². The number of carbonyl (C=O) groups excluding carboxylic acids is 2. The van der Waals surface area contributed by atoms with E-state index in [1.807, 2.05) is 49.4 Å². The largest absolute Gasteiger partial charge is 0.328 e. The summed E-state index contributed by atoms with van der Waals surface area (Å²) in [5.41, 5.74) is 11.5. The minimum atomic E-state index is -2.52. The molecule has 364 valence electrons. The highest BCUT2D eigenvalue weighted by molar-refractivity contribution is 7.23. The number of anilines is 2. The van der Waals surface area contributed by atoms with E-state index in [4.69, 9.17) is 15.7 Å². The molecule has 18 heteroatoms. The Morgan fingerprint density at radius 2 is 1.22 bits per heavy atom. The number of aromatic nitrogens is 2. The maximum atomic E-state index is 13.5. The lowest BCUT2D eigenvalue weighted by atomic mass is 9.85. The first kappa shape index (κ1) is 50.3. The summed E-state index contributed by atoms with van der Waals surface area (Å²) in [5.74, 6) is -5.32. The first-order chi connectivity index (χ1) is 32.5. The van der Waals surface area contributed by atoms with Crippen LogP contribution in [0.3, 0.4) is 0 Å². The zero-order valence-corrected chi connectivity index (χ0v) is 42.2. The Hall–Kier alpha value is -4.14. The van der Waals surface area contributed by atoms with E-state index in [0.717, 1.165) is 100 Å². The second-order valence-electron chi connectivity index (χ2n) is 18.3. The van der Waals surface area contributed by atoms with Gasteiger partial charge >= 0.3 is 0 Å². The molecule has 5 N–H and O–H groups in total. The Kier molecular flexibility index (Phi) is 15.9. The third kappa shape index (κ3) is 11.7. The fraction of sp³-hybridized carbons (Fsp3) is 0.480. The number of hydrogen-bond donors (Lipinski definition) is 4. The first-order valence-electron chi connectivity index (χ1n) is 23.5. The molecule has 2 fully saturated rings. The monoisotopic (exact) mass is 1010 g/mol. The zero-order valence-electron chi connectivity index (χ0n) is 38.9. The molecule has 0 radical (unpaired) electrons. The molecule has 2 saturated carbocycles. The molecular formula is C50H60F4N8O2S4. The van der Waals surface area contributed by atoms with Gasteiger partial charge in [-0.15, -0.1) is 45.3 Å². The van der Waals surface area contributed by atoms with Crippen LogP contribution >= 0.6 is 45.3 Å². The molecule has 68 heavy (non-hydrogen) atoms. The summed E-state index contributed by atoms with van der Waals surface area (Å²) in [5, 5.41) is 12.8. The van der Waals surface area contributed by atoms with Gasteiger partial charge in [0.2, 0.25) is 11.8 Å². The average molecular weight is 1010 g/mol. The molecule has 2 amide bonds. The van der Waals surface area contributed by atoms with Gasteiger partial charge in [-0.25, -0.2) is 27.5 Å². The molecule has 2 aromatic carbocycles. The second-order valence-corrected chi connectivity index (χ2v) is 22.6. The van der Waals surface area contributed by atoms with Crippen molar-refractivity contribution in [3.63, 3.8) is 0 Å². The number of thiazole rings is 2. The fourth-order valence-electron chi connectivity index (χ4n) is 8.76. The topological polar surface area (TPSA) is 129 Å². The third-order valence-electron chi connectivity index (χ3n) is 13.1. The van der Waals surface area contributed by atoms with Crippen LogP contribution < -0.4 is 21.7 Å². The zero-order chi connectivity index (χ0) is 48.3. The van der Waals surface area contributed by atoms with Crippen LogP contribution in [0, 0.1) is 0 Å². The van der Waals surface area contributed by atoms with Gasteiger partial charge in [-0.1, -0.05) is 44.7 Å². The quantitative estimate of drug-likeness (QED) is 0.0665. The van der Waals surface area contributed by atoms with Gasteiger partial charge in [0.05, 0.1) is 20.4 Å². The number of rotatable bonds is 13. The lowest BCUT2D eigenvalue weighted by molar-refractivity contribution is -0.127. The number of alkyl halides is 4. The number of nitrogens with zero attached hydrogens (tertiary/aromatic N) is 4. The molecule has 0 saturated heterocycles. The summed E-state index contributed by atoms with van der Waals surface area (Å²) in [4.78, 5) is 41.1. The molecular weight excluding hydrogens is 949 g/mol. The number of amides is 2. The molecule has 4 aliphatic rings. The molecule has 6 aromatic rings. The van der Waals surface area contributed by atoms with Crippen molar-refractivity contribution < 1.29 is 27.2 Å². The van der Waals surface area contributed by atoms with Crippen LogP contribution in [0.5, 0.6) is 0 Å². The van der Waals surface area contributed by atoms with Gasteiger partial charge in [0.1, 0.15) is 20.0 Å². The Bertz CT molecular complexity index is 2660. The van der Waals surface area contributed by atoms with Gasteiger partial charge in [-0.3, -0.25) is 19.4 Å². The lowest BCUT2D eigenvalue weighted by Crippen LogP contribution is -2.51. The summed E-state index contributed by atoms with van der Waals surface area (Å²) < 4.78 is 55.8. The molecule has 0 unspecified atom stereocenters. The maximum Gasteiger partial charge on any atom is 0.251 e. The third-order valence-corrected chi connectivity index (χ3v) is 17.5. The summed E-state index contributed by atoms with van der Waals surface area (Å²) in [7, 11) is 0. The van der Waals surface area contributed by atoms with Crippen LogP contribution in [0.15, 0.2) is 61.2 Å². The number of halogens is 4. The Labute approximate surface area is 411 Å². The molecule has 0 spiro atoms. The van der Waals surface area contributed by atoms with E-state index >= 15 is 0 Å². The molecule has 10 rings (SSSR count). The van der Waals surface area contributed by atoms with Crippen molar-refractivity contribution >= 4 is 87.6 Å². The van der Waals surface area contributed by atoms with E-state index in [9.17, 15) is 27.2 Å². The molecule has 2 atom stereocenters. The van der Waals surface area contributed by atoms with Crippen molar-refractivity contribution in [1.82, 2.24) is 25.1 Å². The van der Waals surface area contributed by atoms with Crippen molar-refractivity contribution in [2.45, 2.75) is 135 Å². The van der Waals surface area contributed by atoms with Crippen LogP contribution in [-0.2, 0) is 35.5 Å². The van der Waals surface area contributed by atoms with Gasteiger partial charge in [0.25, 0.3) is 11.8 Å². The number of carbonyl (C=O) groups is 2. The van der Waals surface area contributed by atoms with E-state index in [-0.39, 0.29) is 49.6 Å². The van der Waals surface area contributed by atoms with E-state index < -0.39 is 11.8 Å². The van der Waals surface area contributed by atoms with Crippen LogP contribution in [0.4, 0.5) is 27.6 Å². The normalized spacial score (nSPS) is 18.7. The first-order valence-corrected chi connectivity index (χ1v) is 26.8. The van der Waals surface area contributed by atoms with Crippen molar-refractivity contribution in [2.24, 2.45) is 5.73 Å². The van der Waals surface area contributed by atoms with Crippen molar-refractivity contribution in [1.29, 1.82) is 0 Å². The van der Waals surface area contributed by atoms with Crippen LogP contribution in [0.1, 0.15) is 93.5 Å². The number of benzene rings is 2. The van der Waals surface area contributed by atoms with E-state index in [2.05, 4.69) is 59.2 Å². The van der Waals surface area contributed by atoms with Crippen LogP contribution in [0.2, 0.25) is 0 Å². The predicted octanol–water partition coefficient (Wildman–Crippen LogP) is 11.9. The fourth-order valence-corrected chi connectivity index (χ4v) is 13.5. The van der Waals surface area contributed by atoms with Crippen molar-refractivity contribution in [3.8, 4) is 21.1 Å². The summed E-state index contributed by atoms with van der Waals surface area (Å²) in [6.45, 7) is 15.3. The highest BCUT2D eigenvalue weighted by Gasteiger charge is 2.49. The Morgan fingerprint density at radius 3 is 1.63 bits per heavy atom. The maximum absolute atomic E-state index is 13.5. The van der Waals surface area contributed by atoms with Crippen LogP contribution in [0.25, 0.3) is 41.6 Å². The molecule has 2 aliphatic carbocycles. The second kappa shape index (κ2) is 21.5. The van der Waals surface area contributed by atoms with Gasteiger partial charge in [0.15, 0.2) is 0 Å². The van der Waals surface area contributed by atoms with E-state index in [1.54, 1.807) is 34.0 Å². The molecule has 6 heterocycles.